The molecule has 0 aliphatic carbocycles. The van der Waals surface area contributed by atoms with Crippen molar-refractivity contribution in [3.05, 3.63) is 35.4 Å². The van der Waals surface area contributed by atoms with Gasteiger partial charge in [-0.25, -0.2) is 9.24 Å². The molecule has 0 unspecified atom stereocenters. The average molecular weight is 324 g/mol. The van der Waals surface area contributed by atoms with Gasteiger partial charge in [0.2, 0.25) is 0 Å². The van der Waals surface area contributed by atoms with Gasteiger partial charge in [-0.2, -0.15) is 0 Å². The standard InChI is InChI=1S/C16H25N2O3P/c1-17(22(19,20-2)21-3)14-9-11-18-10-8-13-6-4-5-7-15(13)16(18)12-14/h4-7,14,16H,8-12H2,1-3H3/t14-,16+/m1/s1. The van der Waals surface area contributed by atoms with Crippen molar-refractivity contribution >= 4 is 7.75 Å². The van der Waals surface area contributed by atoms with Crippen LogP contribution in [0.15, 0.2) is 24.3 Å². The lowest BCUT2D eigenvalue weighted by molar-refractivity contribution is 0.0832. The zero-order valence-electron chi connectivity index (χ0n) is 13.6. The van der Waals surface area contributed by atoms with Crippen LogP contribution in [0.4, 0.5) is 0 Å². The Kier molecular flexibility index (Phi) is 4.72. The fraction of sp³-hybridized carbons (Fsp3) is 0.625. The summed E-state index contributed by atoms with van der Waals surface area (Å²) in [6.07, 6.45) is 3.08. The Bertz CT molecular complexity index is 572. The van der Waals surface area contributed by atoms with E-state index in [1.807, 2.05) is 11.7 Å². The summed E-state index contributed by atoms with van der Waals surface area (Å²) in [4.78, 5) is 2.55. The molecule has 22 heavy (non-hydrogen) atoms. The third-order valence-corrected chi connectivity index (χ3v) is 7.17. The van der Waals surface area contributed by atoms with Crippen LogP contribution >= 0.6 is 7.75 Å². The van der Waals surface area contributed by atoms with Gasteiger partial charge in [-0.05, 0) is 37.4 Å². The first kappa shape index (κ1) is 16.2. The number of hydrogen-bond donors (Lipinski definition) is 0. The van der Waals surface area contributed by atoms with Gasteiger partial charge in [-0.3, -0.25) is 13.9 Å². The topological polar surface area (TPSA) is 42.0 Å². The third-order valence-electron chi connectivity index (χ3n) is 5.14. The highest BCUT2D eigenvalue weighted by molar-refractivity contribution is 7.51. The van der Waals surface area contributed by atoms with Crippen molar-refractivity contribution in [1.29, 1.82) is 0 Å². The molecule has 0 spiro atoms. The molecule has 0 saturated carbocycles. The van der Waals surface area contributed by atoms with Crippen molar-refractivity contribution in [3.63, 3.8) is 0 Å². The van der Waals surface area contributed by atoms with Crippen LogP contribution in [0.25, 0.3) is 0 Å². The molecular weight excluding hydrogens is 299 g/mol. The Morgan fingerprint density at radius 1 is 1.23 bits per heavy atom. The first-order valence-electron chi connectivity index (χ1n) is 7.85. The lowest BCUT2D eigenvalue weighted by Gasteiger charge is -2.46. The van der Waals surface area contributed by atoms with Gasteiger partial charge in [0.05, 0.1) is 0 Å². The molecular formula is C16H25N2O3P. The van der Waals surface area contributed by atoms with Crippen molar-refractivity contribution in [2.75, 3.05) is 34.4 Å². The maximum atomic E-state index is 12.6. The fourth-order valence-electron chi connectivity index (χ4n) is 3.81. The predicted octanol–water partition coefficient (Wildman–Crippen LogP) is 3.08. The molecule has 1 fully saturated rings. The summed E-state index contributed by atoms with van der Waals surface area (Å²) in [6, 6.07) is 9.32. The molecule has 0 aromatic heterocycles. The number of hydrogen-bond acceptors (Lipinski definition) is 4. The van der Waals surface area contributed by atoms with Crippen LogP contribution in [0.5, 0.6) is 0 Å². The largest absolute Gasteiger partial charge is 0.407 e. The van der Waals surface area contributed by atoms with Crippen LogP contribution in [-0.2, 0) is 20.0 Å². The normalized spacial score (nSPS) is 25.8. The Balaban J connectivity index is 1.82. The lowest BCUT2D eigenvalue weighted by atomic mass is 9.85. The SMILES string of the molecule is COP(=O)(OC)N(C)[C@@H]1CCN2CCc3ccccc3[C@@H]2C1. The van der Waals surface area contributed by atoms with Crippen LogP contribution < -0.4 is 0 Å². The summed E-state index contributed by atoms with van der Waals surface area (Å²) in [5.41, 5.74) is 2.88. The highest BCUT2D eigenvalue weighted by Crippen LogP contribution is 2.53. The van der Waals surface area contributed by atoms with Gasteiger partial charge in [0, 0.05) is 39.4 Å². The molecule has 0 N–H and O–H groups in total. The molecule has 2 atom stereocenters. The van der Waals surface area contributed by atoms with E-state index in [-0.39, 0.29) is 6.04 Å². The number of piperidine rings is 1. The van der Waals surface area contributed by atoms with E-state index in [0.717, 1.165) is 32.4 Å². The summed E-state index contributed by atoms with van der Waals surface area (Å²) in [5, 5.41) is 0. The van der Waals surface area contributed by atoms with Crippen LogP contribution in [0.3, 0.4) is 0 Å². The molecule has 1 saturated heterocycles. The van der Waals surface area contributed by atoms with Gasteiger partial charge in [0.15, 0.2) is 0 Å². The van der Waals surface area contributed by atoms with E-state index in [9.17, 15) is 4.57 Å². The Hall–Kier alpha value is -0.710. The molecule has 0 radical (unpaired) electrons. The predicted molar refractivity (Wildman–Crippen MR) is 86.9 cm³/mol. The van der Waals surface area contributed by atoms with Crippen molar-refractivity contribution in [2.45, 2.75) is 31.3 Å². The summed E-state index contributed by atoms with van der Waals surface area (Å²) in [5.74, 6) is 0. The van der Waals surface area contributed by atoms with E-state index in [1.165, 1.54) is 25.3 Å². The first-order valence-corrected chi connectivity index (χ1v) is 9.35. The Labute approximate surface area is 132 Å². The summed E-state index contributed by atoms with van der Waals surface area (Å²) < 4.78 is 24.7. The maximum Gasteiger partial charge on any atom is 0.407 e. The monoisotopic (exact) mass is 324 g/mol. The minimum atomic E-state index is -3.16. The Morgan fingerprint density at radius 3 is 2.68 bits per heavy atom. The van der Waals surface area contributed by atoms with Gasteiger partial charge in [-0.15, -0.1) is 0 Å². The third kappa shape index (κ3) is 2.77. The van der Waals surface area contributed by atoms with Crippen molar-refractivity contribution in [1.82, 2.24) is 9.57 Å². The van der Waals surface area contributed by atoms with Crippen molar-refractivity contribution in [2.24, 2.45) is 0 Å². The smallest absolute Gasteiger partial charge is 0.300 e. The molecule has 1 aromatic carbocycles. The molecule has 3 rings (SSSR count). The maximum absolute atomic E-state index is 12.6. The Morgan fingerprint density at radius 2 is 1.95 bits per heavy atom. The highest BCUT2D eigenvalue weighted by Gasteiger charge is 2.40. The van der Waals surface area contributed by atoms with Gasteiger partial charge in [0.1, 0.15) is 0 Å². The van der Waals surface area contributed by atoms with Crippen LogP contribution in [0, 0.1) is 0 Å². The van der Waals surface area contributed by atoms with Gasteiger partial charge in [-0.1, -0.05) is 24.3 Å². The van der Waals surface area contributed by atoms with Crippen LogP contribution in [0.1, 0.15) is 30.0 Å². The molecule has 2 heterocycles. The number of benzene rings is 1. The van der Waals surface area contributed by atoms with E-state index < -0.39 is 7.75 Å². The van der Waals surface area contributed by atoms with Crippen LogP contribution in [0.2, 0.25) is 0 Å². The number of nitrogens with zero attached hydrogens (tertiary/aromatic N) is 2. The lowest BCUT2D eigenvalue weighted by Crippen LogP contribution is -2.46. The van der Waals surface area contributed by atoms with Gasteiger partial charge >= 0.3 is 7.75 Å². The average Bonchev–Trinajstić information content (AvgIpc) is 2.59. The van der Waals surface area contributed by atoms with E-state index in [2.05, 4.69) is 29.2 Å². The van der Waals surface area contributed by atoms with Crippen LogP contribution in [-0.4, -0.2) is 50.0 Å². The van der Waals surface area contributed by atoms with Gasteiger partial charge < -0.3 is 0 Å². The highest BCUT2D eigenvalue weighted by atomic mass is 31.2. The molecule has 122 valence electrons. The minimum absolute atomic E-state index is 0.207. The fourth-order valence-corrected chi connectivity index (χ4v) is 5.08. The molecule has 6 heteroatoms. The van der Waals surface area contributed by atoms with Crippen molar-refractivity contribution in [3.8, 4) is 0 Å². The molecule has 2 aliphatic rings. The second-order valence-corrected chi connectivity index (χ2v) is 8.38. The van der Waals surface area contributed by atoms with Crippen molar-refractivity contribution < 1.29 is 13.6 Å². The number of rotatable bonds is 4. The summed E-state index contributed by atoms with van der Waals surface area (Å²) in [6.45, 7) is 2.14. The molecule has 1 aromatic rings. The zero-order valence-corrected chi connectivity index (χ0v) is 14.5. The molecule has 0 amide bonds. The summed E-state index contributed by atoms with van der Waals surface area (Å²) in [7, 11) is 1.59. The second kappa shape index (κ2) is 6.42. The first-order chi connectivity index (χ1) is 10.6. The second-order valence-electron chi connectivity index (χ2n) is 6.09. The quantitative estimate of drug-likeness (QED) is 0.796. The zero-order chi connectivity index (χ0) is 15.7. The minimum Gasteiger partial charge on any atom is -0.300 e. The molecule has 5 nitrogen and oxygen atoms in total. The van der Waals surface area contributed by atoms with E-state index in [4.69, 9.17) is 9.05 Å². The number of fused-ring (bicyclic) bond motifs is 3. The summed E-state index contributed by atoms with van der Waals surface area (Å²) >= 11 is 0. The van der Waals surface area contributed by atoms with Gasteiger partial charge in [0.25, 0.3) is 0 Å². The molecule has 0 bridgehead atoms. The van der Waals surface area contributed by atoms with E-state index in [0.29, 0.717) is 6.04 Å². The van der Waals surface area contributed by atoms with E-state index >= 15 is 0 Å². The van der Waals surface area contributed by atoms with E-state index in [1.54, 1.807) is 0 Å². The molecule has 2 aliphatic heterocycles.